The molecule has 5 rings (SSSR count). The van der Waals surface area contributed by atoms with Crippen LogP contribution in [0.15, 0.2) is 35.5 Å². The van der Waals surface area contributed by atoms with Crippen LogP contribution < -0.4 is 0 Å². The van der Waals surface area contributed by atoms with Gasteiger partial charge in [0, 0.05) is 31.5 Å². The Morgan fingerprint density at radius 1 is 1.06 bits per heavy atom. The summed E-state index contributed by atoms with van der Waals surface area (Å²) in [4.78, 5) is 22.7. The van der Waals surface area contributed by atoms with Crippen molar-refractivity contribution in [2.75, 3.05) is 13.2 Å². The molecule has 1 atom stereocenters. The third-order valence-corrected chi connectivity index (χ3v) is 9.55. The van der Waals surface area contributed by atoms with Gasteiger partial charge in [-0.3, -0.25) is 14.8 Å². The number of nitrogens with zero attached hydrogens (tertiary/aromatic N) is 2. The molecule has 0 N–H and O–H groups in total. The summed E-state index contributed by atoms with van der Waals surface area (Å²) in [7, 11) is -3.26. The van der Waals surface area contributed by atoms with Crippen molar-refractivity contribution in [2.45, 2.75) is 80.3 Å². The predicted octanol–water partition coefficient (Wildman–Crippen LogP) is 4.31. The summed E-state index contributed by atoms with van der Waals surface area (Å²) >= 11 is 0. The summed E-state index contributed by atoms with van der Waals surface area (Å²) in [6, 6.07) is 5.71. The average Bonchev–Trinajstić information content (AvgIpc) is 3.72. The van der Waals surface area contributed by atoms with E-state index in [2.05, 4.69) is 9.97 Å². The zero-order chi connectivity index (χ0) is 23.0. The summed E-state index contributed by atoms with van der Waals surface area (Å²) in [6.45, 7) is 3.35. The van der Waals surface area contributed by atoms with Gasteiger partial charge in [0.1, 0.15) is 5.78 Å². The first kappa shape index (κ1) is 22.7. The lowest BCUT2D eigenvalue weighted by atomic mass is 9.81. The minimum Gasteiger partial charge on any atom is -0.381 e. The van der Waals surface area contributed by atoms with Gasteiger partial charge >= 0.3 is 0 Å². The van der Waals surface area contributed by atoms with Crippen LogP contribution in [-0.2, 0) is 25.8 Å². The van der Waals surface area contributed by atoms with E-state index in [1.807, 2.05) is 19.1 Å². The Morgan fingerprint density at radius 3 is 2.45 bits per heavy atom. The molecule has 7 heteroatoms. The zero-order valence-corrected chi connectivity index (χ0v) is 20.0. The van der Waals surface area contributed by atoms with Gasteiger partial charge in [-0.25, -0.2) is 8.42 Å². The second-order valence-electron chi connectivity index (χ2n) is 9.95. The van der Waals surface area contributed by atoms with E-state index in [0.717, 1.165) is 75.0 Å². The molecule has 0 unspecified atom stereocenters. The number of carbonyl (C=O) groups excluding carboxylic acids is 1. The molecule has 2 aliphatic carbocycles. The topological polar surface area (TPSA) is 86.2 Å². The van der Waals surface area contributed by atoms with E-state index in [-0.39, 0.29) is 23.4 Å². The Bertz CT molecular complexity index is 1120. The molecule has 1 saturated heterocycles. The maximum absolute atomic E-state index is 13.6. The molecule has 3 fully saturated rings. The number of ketones is 1. The Balaban J connectivity index is 1.46. The van der Waals surface area contributed by atoms with Crippen LogP contribution in [0.2, 0.25) is 0 Å². The molecule has 1 aromatic heterocycles. The van der Waals surface area contributed by atoms with Crippen molar-refractivity contribution >= 4 is 15.6 Å². The van der Waals surface area contributed by atoms with Gasteiger partial charge in [-0.15, -0.1) is 0 Å². The molecular weight excluding hydrogens is 436 g/mol. The summed E-state index contributed by atoms with van der Waals surface area (Å²) in [5.74, 6) is 0.580. The number of Topliss-reactive ketones (excluding diaryl/α,β-unsaturated/α-hetero) is 1. The molecule has 0 bridgehead atoms. The van der Waals surface area contributed by atoms with Gasteiger partial charge in [-0.2, -0.15) is 0 Å². The highest BCUT2D eigenvalue weighted by atomic mass is 32.2. The zero-order valence-electron chi connectivity index (χ0n) is 19.2. The molecule has 0 radical (unpaired) electrons. The Morgan fingerprint density at radius 2 is 1.82 bits per heavy atom. The summed E-state index contributed by atoms with van der Waals surface area (Å²) in [5, 5.41) is -0.222. The van der Waals surface area contributed by atoms with Crippen LogP contribution in [0.25, 0.3) is 0 Å². The first-order valence-electron chi connectivity index (χ1n) is 12.2. The van der Waals surface area contributed by atoms with Crippen molar-refractivity contribution in [1.29, 1.82) is 0 Å². The first-order valence-corrected chi connectivity index (χ1v) is 13.7. The number of rotatable bonds is 9. The fourth-order valence-corrected chi connectivity index (χ4v) is 6.82. The smallest absolute Gasteiger partial charge is 0.181 e. The standard InChI is InChI=1S/C26H32N2O4S/c1-17-15-28-21(16-27-17)14-25(29)23(12-18-8-10-32-11-9-18)20-4-7-26(24(13-20)19-2-3-19)33(30,31)22-5-6-22/h4,7,13,15-16,18-19,22-23H,2-3,5-6,8-12,14H2,1H3/t23-/m1/s1. The quantitative estimate of drug-likeness (QED) is 0.545. The molecular formula is C26H32N2O4S. The van der Waals surface area contributed by atoms with Crippen LogP contribution in [0.3, 0.4) is 0 Å². The molecule has 3 aliphatic rings. The Hall–Kier alpha value is -2.12. The Labute approximate surface area is 196 Å². The third-order valence-electron chi connectivity index (χ3n) is 7.21. The molecule has 33 heavy (non-hydrogen) atoms. The van der Waals surface area contributed by atoms with Crippen LogP contribution in [0.5, 0.6) is 0 Å². The lowest BCUT2D eigenvalue weighted by Gasteiger charge is -2.27. The van der Waals surface area contributed by atoms with Gasteiger partial charge in [0.15, 0.2) is 9.84 Å². The number of sulfone groups is 1. The minimum atomic E-state index is -3.26. The number of hydrogen-bond acceptors (Lipinski definition) is 6. The van der Waals surface area contributed by atoms with E-state index >= 15 is 0 Å². The number of benzene rings is 1. The van der Waals surface area contributed by atoms with Gasteiger partial charge < -0.3 is 4.74 Å². The van der Waals surface area contributed by atoms with E-state index < -0.39 is 9.84 Å². The van der Waals surface area contributed by atoms with Gasteiger partial charge in [-0.05, 0) is 80.9 Å². The number of aryl methyl sites for hydroxylation is 1. The number of hydrogen-bond donors (Lipinski definition) is 0. The molecule has 176 valence electrons. The highest BCUT2D eigenvalue weighted by molar-refractivity contribution is 7.92. The van der Waals surface area contributed by atoms with Crippen LogP contribution in [0.1, 0.15) is 79.3 Å². The van der Waals surface area contributed by atoms with Crippen molar-refractivity contribution in [3.05, 3.63) is 53.1 Å². The maximum Gasteiger partial charge on any atom is 0.181 e. The lowest BCUT2D eigenvalue weighted by Crippen LogP contribution is -2.23. The fraction of sp³-hybridized carbons (Fsp3) is 0.577. The fourth-order valence-electron chi connectivity index (χ4n) is 4.90. The van der Waals surface area contributed by atoms with E-state index in [0.29, 0.717) is 22.4 Å². The number of aromatic nitrogens is 2. The Kier molecular flexibility index (Phi) is 6.36. The van der Waals surface area contributed by atoms with Crippen molar-refractivity contribution in [3.63, 3.8) is 0 Å². The predicted molar refractivity (Wildman–Crippen MR) is 125 cm³/mol. The van der Waals surface area contributed by atoms with Crippen LogP contribution in [0.4, 0.5) is 0 Å². The van der Waals surface area contributed by atoms with E-state index in [1.165, 1.54) is 0 Å². The highest BCUT2D eigenvalue weighted by Gasteiger charge is 2.40. The number of ether oxygens (including phenoxy) is 1. The molecule has 2 heterocycles. The second-order valence-corrected chi connectivity index (χ2v) is 12.1. The highest BCUT2D eigenvalue weighted by Crippen LogP contribution is 2.46. The monoisotopic (exact) mass is 468 g/mol. The normalized spacial score (nSPS) is 20.5. The molecule has 1 aliphatic heterocycles. The summed E-state index contributed by atoms with van der Waals surface area (Å²) in [6.07, 6.45) is 9.85. The molecule has 6 nitrogen and oxygen atoms in total. The minimum absolute atomic E-state index is 0.124. The van der Waals surface area contributed by atoms with E-state index in [1.54, 1.807) is 18.5 Å². The summed E-state index contributed by atoms with van der Waals surface area (Å²) < 4.78 is 31.6. The van der Waals surface area contributed by atoms with Gasteiger partial charge in [-0.1, -0.05) is 12.1 Å². The van der Waals surface area contributed by atoms with Crippen LogP contribution >= 0.6 is 0 Å². The maximum atomic E-state index is 13.6. The SMILES string of the molecule is Cc1cnc(CC(=O)[C@H](CC2CCOCC2)c2ccc(S(=O)(=O)C3CC3)c(C3CC3)c2)cn1. The molecule has 0 spiro atoms. The average molecular weight is 469 g/mol. The number of carbonyl (C=O) groups is 1. The van der Waals surface area contributed by atoms with Crippen molar-refractivity contribution in [2.24, 2.45) is 5.92 Å². The molecule has 2 aromatic rings. The van der Waals surface area contributed by atoms with Gasteiger partial charge in [0.2, 0.25) is 0 Å². The molecule has 2 saturated carbocycles. The first-order chi connectivity index (χ1) is 15.9. The van der Waals surface area contributed by atoms with Crippen LogP contribution in [-0.4, -0.2) is 42.6 Å². The van der Waals surface area contributed by atoms with Crippen molar-refractivity contribution < 1.29 is 17.9 Å². The van der Waals surface area contributed by atoms with Crippen LogP contribution in [0, 0.1) is 12.8 Å². The molecule has 0 amide bonds. The second kappa shape index (κ2) is 9.26. The van der Waals surface area contributed by atoms with Crippen molar-refractivity contribution in [3.8, 4) is 0 Å². The third kappa shape index (κ3) is 5.19. The largest absolute Gasteiger partial charge is 0.381 e. The lowest BCUT2D eigenvalue weighted by molar-refractivity contribution is -0.120. The molecule has 1 aromatic carbocycles. The van der Waals surface area contributed by atoms with Gasteiger partial charge in [0.05, 0.1) is 28.0 Å². The van der Waals surface area contributed by atoms with E-state index in [9.17, 15) is 13.2 Å². The van der Waals surface area contributed by atoms with E-state index in [4.69, 9.17) is 4.74 Å². The van der Waals surface area contributed by atoms with Gasteiger partial charge in [0.25, 0.3) is 0 Å². The van der Waals surface area contributed by atoms with Crippen molar-refractivity contribution in [1.82, 2.24) is 9.97 Å². The summed E-state index contributed by atoms with van der Waals surface area (Å²) in [5.41, 5.74) is 3.38.